The number of hydrogen-bond acceptors (Lipinski definition) is 8. The van der Waals surface area contributed by atoms with Gasteiger partial charge < -0.3 is 14.8 Å². The smallest absolute Gasteiger partial charge is 0.314 e. The van der Waals surface area contributed by atoms with Crippen molar-refractivity contribution in [1.29, 1.82) is 0 Å². The molecule has 0 bridgehead atoms. The van der Waals surface area contributed by atoms with E-state index in [1.165, 1.54) is 30.8 Å². The normalized spacial score (nSPS) is 10.2. The van der Waals surface area contributed by atoms with Gasteiger partial charge in [0.1, 0.15) is 23.1 Å². The van der Waals surface area contributed by atoms with Gasteiger partial charge in [-0.3, -0.25) is 10.1 Å². The maximum Gasteiger partial charge on any atom is 0.314 e. The zero-order chi connectivity index (χ0) is 15.2. The Labute approximate surface area is 125 Å². The van der Waals surface area contributed by atoms with Gasteiger partial charge >= 0.3 is 5.69 Å². The van der Waals surface area contributed by atoms with Crippen LogP contribution in [0.2, 0.25) is 0 Å². The molecule has 112 valence electrons. The third kappa shape index (κ3) is 3.57. The van der Waals surface area contributed by atoms with Gasteiger partial charge in [0.15, 0.2) is 5.75 Å². The fourth-order valence-electron chi connectivity index (χ4n) is 1.65. The molecular formula is C12H14N4O4S. The lowest BCUT2D eigenvalue weighted by molar-refractivity contribution is -0.385. The number of methoxy groups -OCH3 is 1. The molecule has 0 saturated heterocycles. The van der Waals surface area contributed by atoms with Gasteiger partial charge in [-0.2, -0.15) is 0 Å². The molecule has 0 spiro atoms. The fourth-order valence-corrected chi connectivity index (χ4v) is 2.29. The number of ether oxygens (including phenoxy) is 2. The summed E-state index contributed by atoms with van der Waals surface area (Å²) in [4.78, 5) is 10.4. The molecule has 0 aliphatic rings. The van der Waals surface area contributed by atoms with Crippen LogP contribution < -0.4 is 14.8 Å². The number of nitrogens with one attached hydrogen (secondary N) is 1. The molecule has 21 heavy (non-hydrogen) atoms. The molecule has 0 unspecified atom stereocenters. The summed E-state index contributed by atoms with van der Waals surface area (Å²) in [7, 11) is 1.38. The van der Waals surface area contributed by atoms with E-state index in [9.17, 15) is 10.1 Å². The van der Waals surface area contributed by atoms with E-state index in [4.69, 9.17) is 9.47 Å². The first-order chi connectivity index (χ1) is 10.2. The summed E-state index contributed by atoms with van der Waals surface area (Å²) >= 11 is 1.24. The molecule has 0 radical (unpaired) electrons. The van der Waals surface area contributed by atoms with Crippen molar-refractivity contribution < 1.29 is 14.4 Å². The lowest BCUT2D eigenvalue weighted by atomic mass is 10.3. The van der Waals surface area contributed by atoms with Gasteiger partial charge in [0.2, 0.25) is 0 Å². The average Bonchev–Trinajstić information content (AvgIpc) is 2.92. The highest BCUT2D eigenvalue weighted by atomic mass is 32.1. The van der Waals surface area contributed by atoms with Crippen LogP contribution in [0.3, 0.4) is 0 Å². The Kier molecular flexibility index (Phi) is 4.88. The lowest BCUT2D eigenvalue weighted by Crippen LogP contribution is -2.02. The molecule has 9 heteroatoms. The predicted molar refractivity (Wildman–Crippen MR) is 78.1 cm³/mol. The van der Waals surface area contributed by atoms with Crippen molar-refractivity contribution in [3.8, 4) is 11.5 Å². The highest BCUT2D eigenvalue weighted by Crippen LogP contribution is 2.31. The van der Waals surface area contributed by atoms with Crippen LogP contribution in [0.4, 0.5) is 10.7 Å². The Hall–Kier alpha value is -2.42. The van der Waals surface area contributed by atoms with Gasteiger partial charge in [-0.15, -0.1) is 5.10 Å². The number of aromatic nitrogens is 2. The summed E-state index contributed by atoms with van der Waals surface area (Å²) in [5, 5.41) is 18.9. The van der Waals surface area contributed by atoms with Crippen LogP contribution in [-0.4, -0.2) is 28.2 Å². The van der Waals surface area contributed by atoms with Crippen LogP contribution in [-0.2, 0) is 6.61 Å². The minimum atomic E-state index is -0.514. The lowest BCUT2D eigenvalue weighted by Gasteiger charge is -2.07. The van der Waals surface area contributed by atoms with Gasteiger partial charge in [-0.1, -0.05) is 4.49 Å². The van der Waals surface area contributed by atoms with Gasteiger partial charge in [-0.05, 0) is 19.1 Å². The Morgan fingerprint density at radius 2 is 2.29 bits per heavy atom. The Balaban J connectivity index is 2.11. The van der Waals surface area contributed by atoms with E-state index in [2.05, 4.69) is 14.9 Å². The quantitative estimate of drug-likeness (QED) is 0.619. The molecule has 1 heterocycles. The van der Waals surface area contributed by atoms with E-state index in [0.717, 1.165) is 11.5 Å². The van der Waals surface area contributed by atoms with E-state index in [0.29, 0.717) is 11.4 Å². The van der Waals surface area contributed by atoms with Crippen molar-refractivity contribution in [3.05, 3.63) is 34.0 Å². The summed E-state index contributed by atoms with van der Waals surface area (Å²) in [5.74, 6) is 0.564. The van der Waals surface area contributed by atoms with Crippen LogP contribution in [0, 0.1) is 10.1 Å². The number of nitro groups is 1. The second-order valence-corrected chi connectivity index (χ2v) is 4.71. The minimum absolute atomic E-state index is 0.140. The summed E-state index contributed by atoms with van der Waals surface area (Å²) < 4.78 is 14.3. The first kappa shape index (κ1) is 15.0. The third-order valence-corrected chi connectivity index (χ3v) is 3.34. The Bertz CT molecular complexity index is 631. The molecule has 0 amide bonds. The largest absolute Gasteiger partial charge is 0.490 e. The van der Waals surface area contributed by atoms with Crippen molar-refractivity contribution in [2.75, 3.05) is 19.0 Å². The van der Waals surface area contributed by atoms with Gasteiger partial charge in [-0.25, -0.2) is 0 Å². The average molecular weight is 310 g/mol. The molecule has 0 aliphatic heterocycles. The Morgan fingerprint density at radius 3 is 2.95 bits per heavy atom. The van der Waals surface area contributed by atoms with Gasteiger partial charge in [0, 0.05) is 18.1 Å². The summed E-state index contributed by atoms with van der Waals surface area (Å²) in [5.41, 5.74) is 0.527. The van der Waals surface area contributed by atoms with E-state index in [1.807, 2.05) is 6.92 Å². The standard InChI is InChI=1S/C12H14N4O4S/c1-3-13-12-9(14-15-21-12)7-20-8-4-5-11(19-2)10(6-8)16(17)18/h4-6,13H,3,7H2,1-2H3. The number of nitrogens with zero attached hydrogens (tertiary/aromatic N) is 3. The van der Waals surface area contributed by atoms with Crippen LogP contribution in [0.25, 0.3) is 0 Å². The third-order valence-electron chi connectivity index (χ3n) is 2.62. The zero-order valence-electron chi connectivity index (χ0n) is 11.5. The molecule has 0 saturated carbocycles. The van der Waals surface area contributed by atoms with E-state index >= 15 is 0 Å². The van der Waals surface area contributed by atoms with Crippen LogP contribution in [0.1, 0.15) is 12.6 Å². The SMILES string of the molecule is CCNc1snnc1COc1ccc(OC)c([N+](=O)[O-])c1. The maximum absolute atomic E-state index is 10.9. The maximum atomic E-state index is 10.9. The summed E-state index contributed by atoms with van der Waals surface area (Å²) in [6.45, 7) is 2.91. The van der Waals surface area contributed by atoms with Crippen molar-refractivity contribution in [1.82, 2.24) is 9.59 Å². The highest BCUT2D eigenvalue weighted by Gasteiger charge is 2.16. The zero-order valence-corrected chi connectivity index (χ0v) is 12.3. The van der Waals surface area contributed by atoms with E-state index < -0.39 is 4.92 Å². The molecular weight excluding hydrogens is 296 g/mol. The van der Waals surface area contributed by atoms with Crippen molar-refractivity contribution in [2.45, 2.75) is 13.5 Å². The molecule has 1 aromatic heterocycles. The van der Waals surface area contributed by atoms with Crippen LogP contribution in [0.5, 0.6) is 11.5 Å². The first-order valence-corrected chi connectivity index (χ1v) is 6.93. The highest BCUT2D eigenvalue weighted by molar-refractivity contribution is 7.10. The number of anilines is 1. The Morgan fingerprint density at radius 1 is 1.48 bits per heavy atom. The van der Waals surface area contributed by atoms with Crippen molar-refractivity contribution in [3.63, 3.8) is 0 Å². The molecule has 0 atom stereocenters. The summed E-state index contributed by atoms with van der Waals surface area (Å²) in [6.07, 6.45) is 0. The topological polar surface area (TPSA) is 99.4 Å². The van der Waals surface area contributed by atoms with Crippen LogP contribution in [0.15, 0.2) is 18.2 Å². The monoisotopic (exact) mass is 310 g/mol. The van der Waals surface area contributed by atoms with Gasteiger partial charge in [0.05, 0.1) is 18.1 Å². The number of benzene rings is 1. The van der Waals surface area contributed by atoms with Crippen LogP contribution >= 0.6 is 11.5 Å². The fraction of sp³-hybridized carbons (Fsp3) is 0.333. The molecule has 2 rings (SSSR count). The number of nitro benzene ring substituents is 1. The molecule has 0 aliphatic carbocycles. The number of rotatable bonds is 7. The predicted octanol–water partition coefficient (Wildman–Crippen LogP) is 2.47. The second kappa shape index (κ2) is 6.84. The van der Waals surface area contributed by atoms with Crippen molar-refractivity contribution >= 4 is 22.2 Å². The van der Waals surface area contributed by atoms with Gasteiger partial charge in [0.25, 0.3) is 0 Å². The molecule has 1 aromatic carbocycles. The van der Waals surface area contributed by atoms with Crippen molar-refractivity contribution in [2.24, 2.45) is 0 Å². The molecule has 0 fully saturated rings. The van der Waals surface area contributed by atoms with E-state index in [1.54, 1.807) is 6.07 Å². The molecule has 1 N–H and O–H groups in total. The van der Waals surface area contributed by atoms with E-state index in [-0.39, 0.29) is 18.0 Å². The molecule has 2 aromatic rings. The summed E-state index contributed by atoms with van der Waals surface area (Å²) in [6, 6.07) is 4.43. The number of hydrogen-bond donors (Lipinski definition) is 1. The minimum Gasteiger partial charge on any atom is -0.490 e. The first-order valence-electron chi connectivity index (χ1n) is 6.16. The second-order valence-electron chi connectivity index (χ2n) is 3.96. The molecule has 8 nitrogen and oxygen atoms in total.